The highest BCUT2D eigenvalue weighted by molar-refractivity contribution is 8.55. The average Bonchev–Trinajstić information content (AvgIpc) is 2.75. The molecule has 1 aliphatic rings. The van der Waals surface area contributed by atoms with Crippen LogP contribution in [-0.4, -0.2) is 4.92 Å². The first-order chi connectivity index (χ1) is 14.0. The lowest BCUT2D eigenvalue weighted by Gasteiger charge is -2.34. The highest BCUT2D eigenvalue weighted by atomic mass is 32.7. The van der Waals surface area contributed by atoms with Crippen LogP contribution < -0.4 is 4.52 Å². The van der Waals surface area contributed by atoms with E-state index < -0.39 is 11.7 Å². The van der Waals surface area contributed by atoms with E-state index >= 15 is 0 Å². The van der Waals surface area contributed by atoms with Crippen molar-refractivity contribution in [3.8, 4) is 5.75 Å². The van der Waals surface area contributed by atoms with Crippen molar-refractivity contribution in [2.45, 2.75) is 17.8 Å². The molecule has 0 radical (unpaired) electrons. The summed E-state index contributed by atoms with van der Waals surface area (Å²) in [6.07, 6.45) is 0.276. The minimum Gasteiger partial charge on any atom is -0.417 e. The van der Waals surface area contributed by atoms with Crippen LogP contribution in [0.1, 0.15) is 28.9 Å². The molecule has 0 amide bonds. The van der Waals surface area contributed by atoms with Gasteiger partial charge in [-0.2, -0.15) is 0 Å². The normalized spacial score (nSPS) is 24.0. The molecular formula is C21H18NO5PS. The van der Waals surface area contributed by atoms with Gasteiger partial charge in [0.05, 0.1) is 11.0 Å². The van der Waals surface area contributed by atoms with E-state index in [1.807, 2.05) is 60.7 Å². The summed E-state index contributed by atoms with van der Waals surface area (Å²) >= 11 is 1.17. The van der Waals surface area contributed by atoms with Gasteiger partial charge in [-0.05, 0) is 41.1 Å². The zero-order valence-electron chi connectivity index (χ0n) is 15.3. The Morgan fingerprint density at radius 1 is 0.931 bits per heavy atom. The van der Waals surface area contributed by atoms with E-state index in [4.69, 9.17) is 9.05 Å². The van der Waals surface area contributed by atoms with Crippen LogP contribution in [0.3, 0.4) is 0 Å². The van der Waals surface area contributed by atoms with Crippen LogP contribution in [0.25, 0.3) is 0 Å². The summed E-state index contributed by atoms with van der Waals surface area (Å²) in [6.45, 7) is -3.57. The predicted molar refractivity (Wildman–Crippen MR) is 113 cm³/mol. The monoisotopic (exact) mass is 427 g/mol. The number of nitro benzene ring substituents is 1. The Kier molecular flexibility index (Phi) is 5.72. The summed E-state index contributed by atoms with van der Waals surface area (Å²) in [5.74, 6) is 0.270. The molecule has 3 aromatic carbocycles. The first kappa shape index (κ1) is 19.7. The third kappa shape index (κ3) is 4.70. The van der Waals surface area contributed by atoms with Crippen LogP contribution >= 0.6 is 18.2 Å². The molecule has 29 heavy (non-hydrogen) atoms. The number of hydrogen-bond acceptors (Lipinski definition) is 6. The maximum absolute atomic E-state index is 13.6. The van der Waals surface area contributed by atoms with Crippen LogP contribution in [-0.2, 0) is 9.09 Å². The molecule has 0 aliphatic carbocycles. The van der Waals surface area contributed by atoms with Gasteiger partial charge in [0, 0.05) is 17.4 Å². The van der Waals surface area contributed by atoms with Crippen LogP contribution in [0.5, 0.6) is 5.75 Å². The van der Waals surface area contributed by atoms with E-state index in [1.54, 1.807) is 0 Å². The summed E-state index contributed by atoms with van der Waals surface area (Å²) in [5, 5.41) is 10.8. The Hall–Kier alpha value is -2.60. The van der Waals surface area contributed by atoms with E-state index in [2.05, 4.69) is 0 Å². The Morgan fingerprint density at radius 2 is 1.52 bits per heavy atom. The highest BCUT2D eigenvalue weighted by Gasteiger charge is 2.42. The fourth-order valence-electron chi connectivity index (χ4n) is 3.15. The van der Waals surface area contributed by atoms with Gasteiger partial charge in [0.2, 0.25) is 0 Å². The van der Waals surface area contributed by atoms with Crippen molar-refractivity contribution >= 4 is 23.9 Å². The number of benzene rings is 3. The van der Waals surface area contributed by atoms with Crippen molar-refractivity contribution in [1.82, 2.24) is 0 Å². The zero-order valence-corrected chi connectivity index (χ0v) is 17.0. The van der Waals surface area contributed by atoms with E-state index in [0.29, 0.717) is 6.42 Å². The molecule has 6 nitrogen and oxygen atoms in total. The molecule has 0 bridgehead atoms. The van der Waals surface area contributed by atoms with E-state index in [1.165, 1.54) is 35.6 Å². The Bertz CT molecular complexity index is 978. The summed E-state index contributed by atoms with van der Waals surface area (Å²) < 4.78 is 25.3. The predicted octanol–water partition coefficient (Wildman–Crippen LogP) is 6.72. The summed E-state index contributed by atoms with van der Waals surface area (Å²) in [5.41, 5.74) is 1.92. The maximum atomic E-state index is 13.6. The zero-order chi connectivity index (χ0) is 20.3. The molecule has 4 rings (SSSR count). The second-order valence-corrected chi connectivity index (χ2v) is 10.6. The van der Waals surface area contributed by atoms with Crippen molar-refractivity contribution in [2.24, 2.45) is 0 Å². The molecule has 0 saturated carbocycles. The summed E-state index contributed by atoms with van der Waals surface area (Å²) in [7, 11) is 0. The molecular weight excluding hydrogens is 409 g/mol. The van der Waals surface area contributed by atoms with Crippen LogP contribution in [0.15, 0.2) is 84.9 Å². The van der Waals surface area contributed by atoms with E-state index in [0.717, 1.165) is 11.1 Å². The van der Waals surface area contributed by atoms with Gasteiger partial charge in [-0.3, -0.25) is 14.6 Å². The third-order valence-corrected chi connectivity index (χ3v) is 8.49. The molecule has 3 aromatic rings. The molecule has 1 aliphatic heterocycles. The molecule has 8 heteroatoms. The van der Waals surface area contributed by atoms with Gasteiger partial charge >= 0.3 is 6.80 Å². The van der Waals surface area contributed by atoms with Crippen molar-refractivity contribution in [2.75, 3.05) is 0 Å². The van der Waals surface area contributed by atoms with Gasteiger partial charge in [-0.25, -0.2) is 4.57 Å². The van der Waals surface area contributed by atoms with Crippen LogP contribution in [0.4, 0.5) is 5.69 Å². The molecule has 1 saturated heterocycles. The van der Waals surface area contributed by atoms with Gasteiger partial charge in [0.1, 0.15) is 5.75 Å². The quantitative estimate of drug-likeness (QED) is 0.256. The van der Waals surface area contributed by atoms with E-state index in [-0.39, 0.29) is 22.8 Å². The largest absolute Gasteiger partial charge is 0.441 e. The van der Waals surface area contributed by atoms with E-state index in [9.17, 15) is 14.7 Å². The number of nitro groups is 1. The molecule has 1 fully saturated rings. The second kappa shape index (κ2) is 8.41. The minimum absolute atomic E-state index is 0.0582. The Labute approximate surface area is 172 Å². The SMILES string of the molecule is O=[N+]([O-])c1ccc(OP2(=O)O[C@H](c3ccccc3)C[C@H](c3ccccc3)S2)cc1. The molecule has 0 spiro atoms. The number of nitrogens with zero attached hydrogens (tertiary/aromatic N) is 1. The maximum Gasteiger partial charge on any atom is 0.441 e. The second-order valence-electron chi connectivity index (χ2n) is 6.53. The topological polar surface area (TPSA) is 78.7 Å². The fraction of sp³-hybridized carbons (Fsp3) is 0.143. The fourth-order valence-corrected chi connectivity index (χ4v) is 7.44. The minimum atomic E-state index is -3.57. The van der Waals surface area contributed by atoms with Crippen LogP contribution in [0, 0.1) is 10.1 Å². The van der Waals surface area contributed by atoms with Crippen molar-refractivity contribution in [1.29, 1.82) is 0 Å². The Morgan fingerprint density at radius 3 is 2.10 bits per heavy atom. The lowest BCUT2D eigenvalue weighted by molar-refractivity contribution is -0.384. The third-order valence-electron chi connectivity index (χ3n) is 4.55. The van der Waals surface area contributed by atoms with Gasteiger partial charge in [0.15, 0.2) is 0 Å². The first-order valence-corrected chi connectivity index (χ1v) is 12.1. The highest BCUT2D eigenvalue weighted by Crippen LogP contribution is 2.72. The van der Waals surface area contributed by atoms with Crippen molar-refractivity contribution < 1.29 is 18.5 Å². The summed E-state index contributed by atoms with van der Waals surface area (Å²) in [4.78, 5) is 10.4. The van der Waals surface area contributed by atoms with Gasteiger partial charge < -0.3 is 4.52 Å². The van der Waals surface area contributed by atoms with Crippen LogP contribution in [0.2, 0.25) is 0 Å². The molecule has 0 N–H and O–H groups in total. The Balaban J connectivity index is 1.63. The van der Waals surface area contributed by atoms with Crippen molar-refractivity contribution in [3.63, 3.8) is 0 Å². The average molecular weight is 427 g/mol. The van der Waals surface area contributed by atoms with Gasteiger partial charge in [-0.1, -0.05) is 60.7 Å². The molecule has 1 heterocycles. The molecule has 0 aromatic heterocycles. The first-order valence-electron chi connectivity index (χ1n) is 9.03. The lowest BCUT2D eigenvalue weighted by Crippen LogP contribution is -2.14. The van der Waals surface area contributed by atoms with Gasteiger partial charge in [0.25, 0.3) is 5.69 Å². The smallest absolute Gasteiger partial charge is 0.417 e. The number of hydrogen-bond donors (Lipinski definition) is 0. The molecule has 1 unspecified atom stereocenters. The number of rotatable bonds is 5. The van der Waals surface area contributed by atoms with Gasteiger partial charge in [-0.15, -0.1) is 0 Å². The molecule has 148 valence electrons. The standard InChI is InChI=1S/C21H18NO5PS/c23-22(24)18-11-13-19(14-12-18)26-28(25)27-20(16-7-3-1-4-8-16)15-21(29-28)17-9-5-2-6-10-17/h1-14,20-21H,15H2/t20-,21+,28?/m0/s1. The summed E-state index contributed by atoms with van der Waals surface area (Å²) in [6, 6.07) is 25.0. The molecule has 3 atom stereocenters. The number of non-ortho nitro benzene ring substituents is 1. The lowest BCUT2D eigenvalue weighted by atomic mass is 10.0. The van der Waals surface area contributed by atoms with Crippen molar-refractivity contribution in [3.05, 3.63) is 106 Å².